The highest BCUT2D eigenvalue weighted by Crippen LogP contribution is 2.37. The molecule has 1 atom stereocenters. The fraction of sp³-hybridized carbons (Fsp3) is 0.353. The first-order valence-corrected chi connectivity index (χ1v) is 9.12. The summed E-state index contributed by atoms with van der Waals surface area (Å²) in [6, 6.07) is 5.06. The highest BCUT2D eigenvalue weighted by Gasteiger charge is 2.19. The van der Waals surface area contributed by atoms with Gasteiger partial charge in [-0.05, 0) is 44.6 Å². The van der Waals surface area contributed by atoms with Crippen LogP contribution in [0, 0.1) is 0 Å². The number of rotatable bonds is 3. The van der Waals surface area contributed by atoms with Crippen LogP contribution in [0.15, 0.2) is 24.4 Å². The maximum Gasteiger partial charge on any atom is 0.254 e. The Labute approximate surface area is 160 Å². The first-order chi connectivity index (χ1) is 12.5. The fourth-order valence-corrected chi connectivity index (χ4v) is 3.84. The lowest BCUT2D eigenvalue weighted by Gasteiger charge is -2.29. The number of aromatic hydroxyl groups is 1. The third-order valence-corrected chi connectivity index (χ3v) is 4.97. The number of halogens is 2. The minimum Gasteiger partial charge on any atom is -0.507 e. The Morgan fingerprint density at radius 3 is 2.88 bits per heavy atom. The van der Waals surface area contributed by atoms with E-state index in [1.807, 2.05) is 0 Å². The van der Waals surface area contributed by atoms with Gasteiger partial charge in [0.15, 0.2) is 0 Å². The van der Waals surface area contributed by atoms with E-state index >= 15 is 0 Å². The van der Waals surface area contributed by atoms with Crippen LogP contribution in [0.1, 0.15) is 12.8 Å². The number of phenols is 1. The summed E-state index contributed by atoms with van der Waals surface area (Å²) in [4.78, 5) is 11.2. The fourth-order valence-electron chi connectivity index (χ4n) is 3.26. The summed E-state index contributed by atoms with van der Waals surface area (Å²) in [7, 11) is 2.11. The molecule has 2 aromatic heterocycles. The van der Waals surface area contributed by atoms with Crippen LogP contribution >= 0.6 is 23.2 Å². The molecule has 0 unspecified atom stereocenters. The third-order valence-electron chi connectivity index (χ3n) is 4.46. The molecule has 2 N–H and O–H groups in total. The topological polar surface area (TPSA) is 78.6 Å². The summed E-state index contributed by atoms with van der Waals surface area (Å²) in [5, 5.41) is 18.7. The number of nitrogens with one attached hydrogen (secondary N) is 1. The molecule has 4 rings (SSSR count). The number of phenolic OH excluding ortho intramolecular Hbond substituents is 1. The van der Waals surface area contributed by atoms with Gasteiger partial charge in [0.25, 0.3) is 5.78 Å². The van der Waals surface area contributed by atoms with Crippen molar-refractivity contribution in [3.8, 4) is 17.0 Å². The summed E-state index contributed by atoms with van der Waals surface area (Å²) in [5.41, 5.74) is 0.929. The lowest BCUT2D eigenvalue weighted by molar-refractivity contribution is 0.260. The van der Waals surface area contributed by atoms with E-state index in [1.54, 1.807) is 22.8 Å². The monoisotopic (exact) mass is 392 g/mol. The van der Waals surface area contributed by atoms with Crippen LogP contribution in [0.2, 0.25) is 10.0 Å². The van der Waals surface area contributed by atoms with Gasteiger partial charge in [-0.1, -0.05) is 23.2 Å². The number of piperidine rings is 1. The summed E-state index contributed by atoms with van der Waals surface area (Å²) >= 11 is 12.1. The number of hydrogen-bond donors (Lipinski definition) is 2. The van der Waals surface area contributed by atoms with Gasteiger partial charge in [0.2, 0.25) is 5.95 Å². The van der Waals surface area contributed by atoms with E-state index < -0.39 is 0 Å². The van der Waals surface area contributed by atoms with Gasteiger partial charge in [0, 0.05) is 23.8 Å². The highest BCUT2D eigenvalue weighted by molar-refractivity contribution is 6.36. The summed E-state index contributed by atoms with van der Waals surface area (Å²) in [6.07, 6.45) is 3.98. The minimum atomic E-state index is -0.0255. The molecule has 0 saturated carbocycles. The second-order valence-electron chi connectivity index (χ2n) is 6.52. The SMILES string of the molecule is CN1CCC[C@@H](Nc2nc3nc(-c4c(O)cc(Cl)cc4Cl)ccn3n2)C1. The number of fused-ring (bicyclic) bond motifs is 1. The zero-order valence-electron chi connectivity index (χ0n) is 14.2. The Hall–Kier alpha value is -2.09. The first-order valence-electron chi connectivity index (χ1n) is 8.36. The van der Waals surface area contributed by atoms with Crippen molar-refractivity contribution in [1.82, 2.24) is 24.5 Å². The molecule has 3 heterocycles. The molecular weight excluding hydrogens is 375 g/mol. The van der Waals surface area contributed by atoms with Gasteiger partial charge in [-0.15, -0.1) is 5.10 Å². The van der Waals surface area contributed by atoms with E-state index in [0.717, 1.165) is 25.9 Å². The molecule has 0 aliphatic carbocycles. The van der Waals surface area contributed by atoms with Crippen molar-refractivity contribution >= 4 is 34.9 Å². The maximum absolute atomic E-state index is 10.2. The highest BCUT2D eigenvalue weighted by atomic mass is 35.5. The second kappa shape index (κ2) is 6.90. The lowest BCUT2D eigenvalue weighted by atomic mass is 10.1. The van der Waals surface area contributed by atoms with Crippen LogP contribution in [-0.2, 0) is 0 Å². The molecule has 26 heavy (non-hydrogen) atoms. The normalized spacial score (nSPS) is 18.3. The van der Waals surface area contributed by atoms with Crippen molar-refractivity contribution in [3.05, 3.63) is 34.4 Å². The molecule has 7 nitrogen and oxygen atoms in total. The van der Waals surface area contributed by atoms with Gasteiger partial charge in [-0.25, -0.2) is 9.50 Å². The molecule has 0 bridgehead atoms. The van der Waals surface area contributed by atoms with E-state index in [1.165, 1.54) is 6.07 Å². The molecule has 0 spiro atoms. The molecule has 1 aromatic carbocycles. The van der Waals surface area contributed by atoms with E-state index in [-0.39, 0.29) is 5.75 Å². The largest absolute Gasteiger partial charge is 0.507 e. The molecule has 1 fully saturated rings. The predicted molar refractivity (Wildman–Crippen MR) is 102 cm³/mol. The summed E-state index contributed by atoms with van der Waals surface area (Å²) < 4.78 is 1.60. The second-order valence-corrected chi connectivity index (χ2v) is 7.36. The van der Waals surface area contributed by atoms with Gasteiger partial charge >= 0.3 is 0 Å². The molecule has 9 heteroatoms. The van der Waals surface area contributed by atoms with E-state index in [0.29, 0.717) is 39.1 Å². The molecule has 1 aliphatic heterocycles. The predicted octanol–water partition coefficient (Wildman–Crippen LogP) is 3.31. The van der Waals surface area contributed by atoms with Gasteiger partial charge < -0.3 is 15.3 Å². The summed E-state index contributed by atoms with van der Waals surface area (Å²) in [5.74, 6) is 0.948. The Morgan fingerprint density at radius 2 is 2.12 bits per heavy atom. The van der Waals surface area contributed by atoms with Crippen molar-refractivity contribution in [2.24, 2.45) is 0 Å². The third kappa shape index (κ3) is 3.42. The zero-order valence-corrected chi connectivity index (χ0v) is 15.7. The number of likely N-dealkylation sites (tertiary alicyclic amines) is 1. The Morgan fingerprint density at radius 1 is 1.27 bits per heavy atom. The number of nitrogens with zero attached hydrogens (tertiary/aromatic N) is 5. The van der Waals surface area contributed by atoms with Crippen molar-refractivity contribution in [2.45, 2.75) is 18.9 Å². The average molecular weight is 393 g/mol. The van der Waals surface area contributed by atoms with Crippen LogP contribution in [0.4, 0.5) is 5.95 Å². The van der Waals surface area contributed by atoms with E-state index in [9.17, 15) is 5.11 Å². The van der Waals surface area contributed by atoms with E-state index in [2.05, 4.69) is 32.3 Å². The van der Waals surface area contributed by atoms with Gasteiger partial charge in [0.05, 0.1) is 16.3 Å². The standard InChI is InChI=1S/C17H18Cl2N6O/c1-24-5-2-3-11(9-24)20-16-22-17-21-13(4-6-25(17)23-16)15-12(19)7-10(18)8-14(15)26/h4,6-8,11,26H,2-3,5,9H2,1H3,(H,20,23)/t11-/m1/s1. The quantitative estimate of drug-likeness (QED) is 0.711. The zero-order chi connectivity index (χ0) is 18.3. The minimum absolute atomic E-state index is 0.0255. The molecule has 0 radical (unpaired) electrons. The van der Waals surface area contributed by atoms with Gasteiger partial charge in [-0.2, -0.15) is 4.98 Å². The van der Waals surface area contributed by atoms with Crippen molar-refractivity contribution in [1.29, 1.82) is 0 Å². The Kier molecular flexibility index (Phi) is 4.60. The number of likely N-dealkylation sites (N-methyl/N-ethyl adjacent to an activating group) is 1. The molecule has 0 amide bonds. The van der Waals surface area contributed by atoms with Crippen molar-refractivity contribution in [2.75, 3.05) is 25.5 Å². The number of hydrogen-bond acceptors (Lipinski definition) is 6. The van der Waals surface area contributed by atoms with Crippen LogP contribution in [0.5, 0.6) is 5.75 Å². The first kappa shape index (κ1) is 17.3. The Balaban J connectivity index is 1.64. The smallest absolute Gasteiger partial charge is 0.254 e. The van der Waals surface area contributed by atoms with E-state index in [4.69, 9.17) is 23.2 Å². The molecule has 136 valence electrons. The average Bonchev–Trinajstić information content (AvgIpc) is 2.95. The number of anilines is 1. The molecule has 1 saturated heterocycles. The van der Waals surface area contributed by atoms with Gasteiger partial charge in [0.1, 0.15) is 5.75 Å². The molecular formula is C17H18Cl2N6O. The van der Waals surface area contributed by atoms with Gasteiger partial charge in [-0.3, -0.25) is 0 Å². The van der Waals surface area contributed by atoms with Crippen molar-refractivity contribution < 1.29 is 5.11 Å². The van der Waals surface area contributed by atoms with Crippen LogP contribution in [-0.4, -0.2) is 55.8 Å². The molecule has 1 aliphatic rings. The lowest BCUT2D eigenvalue weighted by Crippen LogP contribution is -2.39. The number of aromatic nitrogens is 4. The summed E-state index contributed by atoms with van der Waals surface area (Å²) in [6.45, 7) is 2.08. The Bertz CT molecular complexity index is 937. The van der Waals surface area contributed by atoms with Crippen LogP contribution in [0.25, 0.3) is 17.0 Å². The van der Waals surface area contributed by atoms with Crippen molar-refractivity contribution in [3.63, 3.8) is 0 Å². The van der Waals surface area contributed by atoms with Crippen LogP contribution in [0.3, 0.4) is 0 Å². The maximum atomic E-state index is 10.2. The molecule has 3 aromatic rings. The van der Waals surface area contributed by atoms with Crippen LogP contribution < -0.4 is 5.32 Å². The number of benzene rings is 1.